The highest BCUT2D eigenvalue weighted by Gasteiger charge is 2.14. The second-order valence-corrected chi connectivity index (χ2v) is 6.15. The van der Waals surface area contributed by atoms with Gasteiger partial charge in [-0.25, -0.2) is 14.8 Å². The number of carbonyl (C=O) groups is 2. The third-order valence-corrected chi connectivity index (χ3v) is 4.19. The van der Waals surface area contributed by atoms with Crippen LogP contribution in [0.15, 0.2) is 54.7 Å². The second-order valence-electron chi connectivity index (χ2n) is 6.15. The van der Waals surface area contributed by atoms with Crippen molar-refractivity contribution in [2.24, 2.45) is 0 Å². The van der Waals surface area contributed by atoms with Crippen molar-refractivity contribution in [3.05, 3.63) is 77.1 Å². The van der Waals surface area contributed by atoms with Gasteiger partial charge in [0, 0.05) is 11.9 Å². The number of methoxy groups -OCH3 is 1. The van der Waals surface area contributed by atoms with E-state index in [1.54, 1.807) is 24.3 Å². The van der Waals surface area contributed by atoms with Gasteiger partial charge in [-0.05, 0) is 43.2 Å². The van der Waals surface area contributed by atoms with Crippen LogP contribution in [0.25, 0.3) is 0 Å². The van der Waals surface area contributed by atoms with Crippen LogP contribution in [-0.4, -0.2) is 29.0 Å². The fraction of sp³-hybridized carbons (Fsp3) is 0.143. The molecular formula is C21H20N4O3. The SMILES string of the molecule is COC(=O)c1ccccc1Nc1nccc(C(=O)Nc2c(C)cccc2C)n1. The van der Waals surface area contributed by atoms with Crippen molar-refractivity contribution in [3.8, 4) is 0 Å². The summed E-state index contributed by atoms with van der Waals surface area (Å²) >= 11 is 0. The van der Waals surface area contributed by atoms with E-state index in [4.69, 9.17) is 4.74 Å². The third kappa shape index (κ3) is 4.15. The van der Waals surface area contributed by atoms with Crippen LogP contribution in [-0.2, 0) is 4.74 Å². The van der Waals surface area contributed by atoms with Crippen LogP contribution >= 0.6 is 0 Å². The van der Waals surface area contributed by atoms with E-state index < -0.39 is 5.97 Å². The molecule has 0 bridgehead atoms. The molecule has 3 aromatic rings. The summed E-state index contributed by atoms with van der Waals surface area (Å²) in [7, 11) is 1.31. The van der Waals surface area contributed by atoms with Crippen LogP contribution in [0.1, 0.15) is 32.0 Å². The predicted octanol–water partition coefficient (Wildman–Crippen LogP) is 3.88. The molecule has 0 saturated heterocycles. The van der Waals surface area contributed by atoms with Gasteiger partial charge in [-0.15, -0.1) is 0 Å². The van der Waals surface area contributed by atoms with Crippen LogP contribution in [0.5, 0.6) is 0 Å². The van der Waals surface area contributed by atoms with Crippen LogP contribution in [0.4, 0.5) is 17.3 Å². The fourth-order valence-corrected chi connectivity index (χ4v) is 2.74. The average Bonchev–Trinajstić information content (AvgIpc) is 2.71. The van der Waals surface area contributed by atoms with E-state index in [0.29, 0.717) is 11.3 Å². The number of benzene rings is 2. The molecule has 0 saturated carbocycles. The summed E-state index contributed by atoms with van der Waals surface area (Å²) in [5.41, 5.74) is 3.73. The fourth-order valence-electron chi connectivity index (χ4n) is 2.74. The molecule has 0 aliphatic heterocycles. The lowest BCUT2D eigenvalue weighted by Crippen LogP contribution is -2.16. The van der Waals surface area contributed by atoms with Gasteiger partial charge >= 0.3 is 5.97 Å². The molecule has 3 rings (SSSR count). The number of nitrogens with one attached hydrogen (secondary N) is 2. The maximum atomic E-state index is 12.6. The van der Waals surface area contributed by atoms with Crippen molar-refractivity contribution in [2.75, 3.05) is 17.7 Å². The average molecular weight is 376 g/mol. The molecule has 0 radical (unpaired) electrons. The van der Waals surface area contributed by atoms with E-state index in [1.807, 2.05) is 32.0 Å². The zero-order chi connectivity index (χ0) is 20.1. The largest absolute Gasteiger partial charge is 0.465 e. The summed E-state index contributed by atoms with van der Waals surface area (Å²) in [5, 5.41) is 5.86. The van der Waals surface area contributed by atoms with Crippen LogP contribution < -0.4 is 10.6 Å². The monoisotopic (exact) mass is 376 g/mol. The van der Waals surface area contributed by atoms with Gasteiger partial charge in [0.05, 0.1) is 18.4 Å². The Morgan fingerprint density at radius 1 is 0.964 bits per heavy atom. The number of esters is 1. The Kier molecular flexibility index (Phi) is 5.64. The Labute approximate surface area is 162 Å². The molecule has 0 aliphatic carbocycles. The maximum Gasteiger partial charge on any atom is 0.339 e. The predicted molar refractivity (Wildman–Crippen MR) is 107 cm³/mol. The molecule has 2 N–H and O–H groups in total. The first-order chi connectivity index (χ1) is 13.5. The van der Waals surface area contributed by atoms with E-state index in [0.717, 1.165) is 16.8 Å². The number of nitrogens with zero attached hydrogens (tertiary/aromatic N) is 2. The van der Waals surface area contributed by atoms with Gasteiger partial charge < -0.3 is 15.4 Å². The molecule has 2 aromatic carbocycles. The molecule has 0 fully saturated rings. The lowest BCUT2D eigenvalue weighted by molar-refractivity contribution is 0.0601. The Morgan fingerprint density at radius 2 is 1.68 bits per heavy atom. The van der Waals surface area contributed by atoms with Gasteiger partial charge in [0.25, 0.3) is 5.91 Å². The number of rotatable bonds is 5. The molecule has 0 aliphatic rings. The standard InChI is InChI=1S/C21H20N4O3/c1-13-7-6-8-14(2)18(13)25-19(26)17-11-12-22-21(24-17)23-16-10-5-4-9-15(16)20(27)28-3/h4-12H,1-3H3,(H,25,26)(H,22,23,24). The number of aryl methyl sites for hydroxylation is 2. The highest BCUT2D eigenvalue weighted by molar-refractivity contribution is 6.04. The molecule has 142 valence electrons. The minimum atomic E-state index is -0.480. The number of hydrogen-bond acceptors (Lipinski definition) is 6. The number of amides is 1. The highest BCUT2D eigenvalue weighted by Crippen LogP contribution is 2.21. The Morgan fingerprint density at radius 3 is 2.39 bits per heavy atom. The molecule has 0 atom stereocenters. The van der Waals surface area contributed by atoms with Gasteiger partial charge in [-0.2, -0.15) is 0 Å². The number of anilines is 3. The molecule has 1 amide bonds. The van der Waals surface area contributed by atoms with E-state index in [1.165, 1.54) is 19.4 Å². The topological polar surface area (TPSA) is 93.2 Å². The molecule has 28 heavy (non-hydrogen) atoms. The Hall–Kier alpha value is -3.74. The summed E-state index contributed by atoms with van der Waals surface area (Å²) < 4.78 is 4.78. The second kappa shape index (κ2) is 8.30. The first-order valence-corrected chi connectivity index (χ1v) is 8.64. The summed E-state index contributed by atoms with van der Waals surface area (Å²) in [6.45, 7) is 3.86. The normalized spacial score (nSPS) is 10.2. The van der Waals surface area contributed by atoms with Crippen molar-refractivity contribution in [1.29, 1.82) is 0 Å². The van der Waals surface area contributed by atoms with Crippen molar-refractivity contribution in [1.82, 2.24) is 9.97 Å². The molecule has 1 aromatic heterocycles. The summed E-state index contributed by atoms with van der Waals surface area (Å²) in [6.07, 6.45) is 1.48. The molecule has 0 spiro atoms. The molecule has 1 heterocycles. The number of aromatic nitrogens is 2. The van der Waals surface area contributed by atoms with Gasteiger partial charge in [-0.1, -0.05) is 30.3 Å². The van der Waals surface area contributed by atoms with Crippen molar-refractivity contribution < 1.29 is 14.3 Å². The van der Waals surface area contributed by atoms with E-state index in [2.05, 4.69) is 20.6 Å². The number of hydrogen-bond donors (Lipinski definition) is 2. The summed E-state index contributed by atoms with van der Waals surface area (Å²) in [5.74, 6) is -0.623. The van der Waals surface area contributed by atoms with Crippen molar-refractivity contribution >= 4 is 29.2 Å². The first-order valence-electron chi connectivity index (χ1n) is 8.64. The van der Waals surface area contributed by atoms with Gasteiger partial charge in [0.15, 0.2) is 0 Å². The maximum absolute atomic E-state index is 12.6. The smallest absolute Gasteiger partial charge is 0.339 e. The lowest BCUT2D eigenvalue weighted by atomic mass is 10.1. The van der Waals surface area contributed by atoms with Crippen molar-refractivity contribution in [3.63, 3.8) is 0 Å². The Bertz CT molecular complexity index is 1010. The number of ether oxygens (including phenoxy) is 1. The van der Waals surface area contributed by atoms with Crippen LogP contribution in [0.3, 0.4) is 0 Å². The van der Waals surface area contributed by atoms with E-state index in [9.17, 15) is 9.59 Å². The molecule has 7 nitrogen and oxygen atoms in total. The van der Waals surface area contributed by atoms with Gasteiger partial charge in [-0.3, -0.25) is 4.79 Å². The van der Waals surface area contributed by atoms with Crippen molar-refractivity contribution in [2.45, 2.75) is 13.8 Å². The van der Waals surface area contributed by atoms with Gasteiger partial charge in [0.1, 0.15) is 5.69 Å². The van der Waals surface area contributed by atoms with E-state index in [-0.39, 0.29) is 17.5 Å². The molecule has 7 heteroatoms. The number of para-hydroxylation sites is 2. The quantitative estimate of drug-likeness (QED) is 0.657. The minimum Gasteiger partial charge on any atom is -0.465 e. The number of carbonyl (C=O) groups excluding carboxylic acids is 2. The lowest BCUT2D eigenvalue weighted by Gasteiger charge is -2.12. The van der Waals surface area contributed by atoms with Crippen LogP contribution in [0, 0.1) is 13.8 Å². The molecular weight excluding hydrogens is 356 g/mol. The Balaban J connectivity index is 1.83. The zero-order valence-electron chi connectivity index (χ0n) is 15.8. The zero-order valence-corrected chi connectivity index (χ0v) is 15.8. The van der Waals surface area contributed by atoms with E-state index >= 15 is 0 Å². The van der Waals surface area contributed by atoms with Crippen LogP contribution in [0.2, 0.25) is 0 Å². The highest BCUT2D eigenvalue weighted by atomic mass is 16.5. The molecule has 0 unspecified atom stereocenters. The third-order valence-electron chi connectivity index (χ3n) is 4.19. The van der Waals surface area contributed by atoms with Gasteiger partial charge in [0.2, 0.25) is 5.95 Å². The summed E-state index contributed by atoms with van der Waals surface area (Å²) in [4.78, 5) is 32.9. The first kappa shape index (κ1) is 19.0. The minimum absolute atomic E-state index is 0.200. The summed E-state index contributed by atoms with van der Waals surface area (Å²) in [6, 6.07) is 14.2.